The number of benzene rings is 3. The first-order chi connectivity index (χ1) is 14.7. The van der Waals surface area contributed by atoms with Crippen molar-refractivity contribution in [3.05, 3.63) is 88.9 Å². The molecule has 0 saturated heterocycles. The average Bonchev–Trinajstić information content (AvgIpc) is 2.74. The van der Waals surface area contributed by atoms with E-state index in [0.29, 0.717) is 22.0 Å². The largest absolute Gasteiger partial charge is 0.326 e. The van der Waals surface area contributed by atoms with Crippen LogP contribution in [-0.2, 0) is 21.2 Å². The van der Waals surface area contributed by atoms with Gasteiger partial charge >= 0.3 is 0 Å². The molecule has 1 N–H and O–H groups in total. The maximum absolute atomic E-state index is 12.8. The normalized spacial score (nSPS) is 11.1. The zero-order chi connectivity index (χ0) is 22.6. The van der Waals surface area contributed by atoms with E-state index in [9.17, 15) is 18.0 Å². The molecule has 0 unspecified atom stereocenters. The van der Waals surface area contributed by atoms with Gasteiger partial charge in [-0.1, -0.05) is 35.9 Å². The topological polar surface area (TPSA) is 83.6 Å². The van der Waals surface area contributed by atoms with Gasteiger partial charge < -0.3 is 5.32 Å². The van der Waals surface area contributed by atoms with E-state index in [-0.39, 0.29) is 23.0 Å². The summed E-state index contributed by atoms with van der Waals surface area (Å²) in [6, 6.07) is 19.4. The van der Waals surface area contributed by atoms with Gasteiger partial charge in [0.15, 0.2) is 5.78 Å². The number of halogens is 1. The summed E-state index contributed by atoms with van der Waals surface area (Å²) in [5.74, 6) is -0.319. The van der Waals surface area contributed by atoms with Gasteiger partial charge in [0.25, 0.3) is 10.0 Å². The molecule has 0 bridgehead atoms. The average molecular weight is 457 g/mol. The monoisotopic (exact) mass is 456 g/mol. The van der Waals surface area contributed by atoms with Gasteiger partial charge in [0.1, 0.15) is 0 Å². The van der Waals surface area contributed by atoms with Crippen LogP contribution in [0.15, 0.2) is 77.7 Å². The van der Waals surface area contributed by atoms with Crippen LogP contribution >= 0.6 is 11.6 Å². The summed E-state index contributed by atoms with van der Waals surface area (Å²) >= 11 is 5.83. The SMILES string of the molecule is CC(=O)c1cccc(NC(=O)Cc2ccc(N(C)S(=O)(=O)c3ccc(Cl)cc3)cc2)c1. The minimum atomic E-state index is -3.73. The third-order valence-corrected chi connectivity index (χ3v) is 6.74. The van der Waals surface area contributed by atoms with E-state index >= 15 is 0 Å². The second-order valence-electron chi connectivity index (χ2n) is 6.95. The van der Waals surface area contributed by atoms with Crippen LogP contribution in [0.5, 0.6) is 0 Å². The van der Waals surface area contributed by atoms with E-state index in [4.69, 9.17) is 11.6 Å². The van der Waals surface area contributed by atoms with Crippen molar-refractivity contribution in [3.8, 4) is 0 Å². The number of amides is 1. The highest BCUT2D eigenvalue weighted by molar-refractivity contribution is 7.92. The van der Waals surface area contributed by atoms with Crippen molar-refractivity contribution in [2.75, 3.05) is 16.7 Å². The van der Waals surface area contributed by atoms with Crippen molar-refractivity contribution < 1.29 is 18.0 Å². The summed E-state index contributed by atoms with van der Waals surface area (Å²) in [4.78, 5) is 23.9. The predicted molar refractivity (Wildman–Crippen MR) is 122 cm³/mol. The van der Waals surface area contributed by atoms with Gasteiger partial charge in [-0.15, -0.1) is 0 Å². The standard InChI is InChI=1S/C23H21ClN2O4S/c1-16(27)18-4-3-5-20(15-18)25-23(28)14-17-6-10-21(11-7-17)26(2)31(29,30)22-12-8-19(24)9-13-22/h3-13,15H,14H2,1-2H3,(H,25,28). The Balaban J connectivity index is 1.68. The minimum absolute atomic E-state index is 0.0793. The molecular weight excluding hydrogens is 436 g/mol. The van der Waals surface area contributed by atoms with E-state index in [2.05, 4.69) is 5.32 Å². The van der Waals surface area contributed by atoms with Crippen LogP contribution < -0.4 is 9.62 Å². The number of sulfonamides is 1. The third kappa shape index (κ3) is 5.51. The van der Waals surface area contributed by atoms with Crippen LogP contribution in [-0.4, -0.2) is 27.2 Å². The molecule has 0 aliphatic carbocycles. The van der Waals surface area contributed by atoms with Crippen LogP contribution in [0.3, 0.4) is 0 Å². The van der Waals surface area contributed by atoms with Crippen molar-refractivity contribution in [1.82, 2.24) is 0 Å². The fourth-order valence-electron chi connectivity index (χ4n) is 2.93. The number of carbonyl (C=O) groups is 2. The second kappa shape index (κ2) is 9.32. The molecule has 3 aromatic rings. The van der Waals surface area contributed by atoms with Crippen molar-refractivity contribution in [2.24, 2.45) is 0 Å². The van der Waals surface area contributed by atoms with Crippen LogP contribution in [0.4, 0.5) is 11.4 Å². The van der Waals surface area contributed by atoms with Gasteiger partial charge in [-0.05, 0) is 61.0 Å². The Morgan fingerprint density at radius 3 is 2.23 bits per heavy atom. The molecule has 0 atom stereocenters. The van der Waals surface area contributed by atoms with Gasteiger partial charge in [-0.25, -0.2) is 8.42 Å². The molecule has 31 heavy (non-hydrogen) atoms. The highest BCUT2D eigenvalue weighted by Gasteiger charge is 2.21. The summed E-state index contributed by atoms with van der Waals surface area (Å²) in [6.45, 7) is 1.46. The first kappa shape index (κ1) is 22.5. The molecule has 8 heteroatoms. The fourth-order valence-corrected chi connectivity index (χ4v) is 4.26. The van der Waals surface area contributed by atoms with Crippen LogP contribution in [0.25, 0.3) is 0 Å². The molecule has 0 aliphatic rings. The highest BCUT2D eigenvalue weighted by atomic mass is 35.5. The summed E-state index contributed by atoms with van der Waals surface area (Å²) in [6.07, 6.45) is 0.109. The minimum Gasteiger partial charge on any atom is -0.326 e. The van der Waals surface area contributed by atoms with Crippen molar-refractivity contribution in [3.63, 3.8) is 0 Å². The quantitative estimate of drug-likeness (QED) is 0.528. The van der Waals surface area contributed by atoms with Crippen molar-refractivity contribution in [1.29, 1.82) is 0 Å². The first-order valence-corrected chi connectivity index (χ1v) is 11.2. The Labute approximate surface area is 186 Å². The van der Waals surface area contributed by atoms with Crippen LogP contribution in [0.2, 0.25) is 5.02 Å². The van der Waals surface area contributed by atoms with E-state index in [1.165, 1.54) is 42.5 Å². The molecule has 3 aromatic carbocycles. The molecule has 1 amide bonds. The second-order valence-corrected chi connectivity index (χ2v) is 9.36. The lowest BCUT2D eigenvalue weighted by Crippen LogP contribution is -2.26. The van der Waals surface area contributed by atoms with E-state index in [1.807, 2.05) is 0 Å². The van der Waals surface area contributed by atoms with Gasteiger partial charge in [0.05, 0.1) is 17.0 Å². The summed E-state index contributed by atoms with van der Waals surface area (Å²) in [7, 11) is -2.26. The first-order valence-electron chi connectivity index (χ1n) is 9.41. The fraction of sp³-hybridized carbons (Fsp3) is 0.130. The molecule has 0 spiro atoms. The Morgan fingerprint density at radius 2 is 1.61 bits per heavy atom. The highest BCUT2D eigenvalue weighted by Crippen LogP contribution is 2.24. The molecular formula is C23H21ClN2O4S. The predicted octanol–water partition coefficient (Wildman–Crippen LogP) is 4.55. The van der Waals surface area contributed by atoms with Crippen molar-refractivity contribution >= 4 is 44.7 Å². The zero-order valence-electron chi connectivity index (χ0n) is 17.0. The van der Waals surface area contributed by atoms with E-state index in [0.717, 1.165) is 5.56 Å². The molecule has 0 saturated carbocycles. The van der Waals surface area contributed by atoms with Gasteiger partial charge in [0.2, 0.25) is 5.91 Å². The number of hydrogen-bond donors (Lipinski definition) is 1. The maximum atomic E-state index is 12.8. The zero-order valence-corrected chi connectivity index (χ0v) is 18.6. The molecule has 3 rings (SSSR count). The van der Waals surface area contributed by atoms with Crippen LogP contribution in [0, 0.1) is 0 Å². The molecule has 0 heterocycles. The number of nitrogens with zero attached hydrogens (tertiary/aromatic N) is 1. The van der Waals surface area contributed by atoms with Gasteiger partial charge in [0, 0.05) is 23.3 Å². The molecule has 160 valence electrons. The van der Waals surface area contributed by atoms with Crippen LogP contribution in [0.1, 0.15) is 22.8 Å². The Hall–Kier alpha value is -3.16. The number of nitrogens with one attached hydrogen (secondary N) is 1. The maximum Gasteiger partial charge on any atom is 0.264 e. The number of anilines is 2. The number of ketones is 1. The lowest BCUT2D eigenvalue weighted by Gasteiger charge is -2.20. The number of Topliss-reactive ketones (excluding diaryl/α,β-unsaturated/α-hetero) is 1. The number of carbonyl (C=O) groups excluding carboxylic acids is 2. The Morgan fingerprint density at radius 1 is 0.968 bits per heavy atom. The van der Waals surface area contributed by atoms with E-state index < -0.39 is 10.0 Å². The number of hydrogen-bond acceptors (Lipinski definition) is 4. The number of rotatable bonds is 7. The van der Waals surface area contributed by atoms with Gasteiger partial charge in [-0.3, -0.25) is 13.9 Å². The van der Waals surface area contributed by atoms with Gasteiger partial charge in [-0.2, -0.15) is 0 Å². The van der Waals surface area contributed by atoms with Crippen molar-refractivity contribution in [2.45, 2.75) is 18.2 Å². The smallest absolute Gasteiger partial charge is 0.264 e. The molecule has 0 radical (unpaired) electrons. The Bertz CT molecular complexity index is 1210. The summed E-state index contributed by atoms with van der Waals surface area (Å²) in [5.41, 5.74) is 2.25. The third-order valence-electron chi connectivity index (χ3n) is 4.69. The lowest BCUT2D eigenvalue weighted by atomic mass is 10.1. The molecule has 6 nitrogen and oxygen atoms in total. The molecule has 0 fully saturated rings. The molecule has 0 aromatic heterocycles. The Kier molecular flexibility index (Phi) is 6.77. The summed E-state index contributed by atoms with van der Waals surface area (Å²) in [5, 5.41) is 3.22. The van der Waals surface area contributed by atoms with E-state index in [1.54, 1.807) is 48.5 Å². The molecule has 0 aliphatic heterocycles. The summed E-state index contributed by atoms with van der Waals surface area (Å²) < 4.78 is 26.7. The lowest BCUT2D eigenvalue weighted by molar-refractivity contribution is -0.115.